The molecule has 0 spiro atoms. The van der Waals surface area contributed by atoms with Crippen molar-refractivity contribution in [2.75, 3.05) is 31.1 Å². The topological polar surface area (TPSA) is 66.4 Å². The number of piperazine rings is 1. The number of rotatable bonds is 5. The number of sulfonamides is 1. The summed E-state index contributed by atoms with van der Waals surface area (Å²) in [5, 5.41) is 0. The van der Waals surface area contributed by atoms with Gasteiger partial charge in [-0.2, -0.15) is 17.5 Å². The first-order valence-corrected chi connectivity index (χ1v) is 12.4. The zero-order chi connectivity index (χ0) is 24.5. The Hall–Kier alpha value is -2.98. The minimum absolute atomic E-state index is 0.255. The van der Waals surface area contributed by atoms with Crippen LogP contribution >= 0.6 is 0 Å². The van der Waals surface area contributed by atoms with Gasteiger partial charge in [0.25, 0.3) is 0 Å². The number of aromatic nitrogens is 2. The van der Waals surface area contributed by atoms with E-state index in [1.54, 1.807) is 24.3 Å². The van der Waals surface area contributed by atoms with Crippen LogP contribution in [0.4, 0.5) is 19.1 Å². The van der Waals surface area contributed by atoms with Gasteiger partial charge in [0.1, 0.15) is 0 Å². The second-order valence-electron chi connectivity index (χ2n) is 8.44. The van der Waals surface area contributed by atoms with Crippen molar-refractivity contribution in [3.05, 3.63) is 71.9 Å². The zero-order valence-electron chi connectivity index (χ0n) is 18.8. The molecule has 1 saturated heterocycles. The molecule has 1 aliphatic rings. The van der Waals surface area contributed by atoms with Crippen molar-refractivity contribution in [2.45, 2.75) is 30.8 Å². The number of hydrogen-bond acceptors (Lipinski definition) is 5. The van der Waals surface area contributed by atoms with Crippen LogP contribution in [-0.2, 0) is 16.2 Å². The normalized spacial score (nSPS) is 15.6. The first-order chi connectivity index (χ1) is 16.1. The minimum Gasteiger partial charge on any atom is -0.338 e. The summed E-state index contributed by atoms with van der Waals surface area (Å²) in [5.74, 6) is 0.667. The van der Waals surface area contributed by atoms with Gasteiger partial charge in [-0.3, -0.25) is 0 Å². The van der Waals surface area contributed by atoms with Crippen LogP contribution in [0, 0.1) is 0 Å². The fourth-order valence-corrected chi connectivity index (χ4v) is 5.24. The molecule has 1 aliphatic heterocycles. The molecule has 6 nitrogen and oxygen atoms in total. The summed E-state index contributed by atoms with van der Waals surface area (Å²) in [4.78, 5) is 10.8. The lowest BCUT2D eigenvalue weighted by Gasteiger charge is -2.34. The average Bonchev–Trinajstić information content (AvgIpc) is 2.84. The van der Waals surface area contributed by atoms with E-state index in [2.05, 4.69) is 9.97 Å². The number of nitrogens with zero attached hydrogens (tertiary/aromatic N) is 4. The fraction of sp³-hybridized carbons (Fsp3) is 0.333. The van der Waals surface area contributed by atoms with Crippen LogP contribution in [0.5, 0.6) is 0 Å². The third-order valence-electron chi connectivity index (χ3n) is 5.83. The molecule has 2 aromatic carbocycles. The third-order valence-corrected chi connectivity index (χ3v) is 7.75. The zero-order valence-corrected chi connectivity index (χ0v) is 19.6. The Morgan fingerprint density at radius 2 is 1.62 bits per heavy atom. The molecule has 0 unspecified atom stereocenters. The fourth-order valence-electron chi connectivity index (χ4n) is 3.82. The molecule has 4 rings (SSSR count). The van der Waals surface area contributed by atoms with Gasteiger partial charge in [-0.15, -0.1) is 0 Å². The third kappa shape index (κ3) is 5.07. The summed E-state index contributed by atoms with van der Waals surface area (Å²) in [6.07, 6.45) is -2.94. The van der Waals surface area contributed by atoms with Crippen LogP contribution in [-0.4, -0.2) is 48.9 Å². The lowest BCUT2D eigenvalue weighted by Crippen LogP contribution is -2.49. The minimum atomic E-state index is -4.44. The highest BCUT2D eigenvalue weighted by Crippen LogP contribution is 2.32. The molecule has 34 heavy (non-hydrogen) atoms. The summed E-state index contributed by atoms with van der Waals surface area (Å²) in [6.45, 7) is 5.35. The summed E-state index contributed by atoms with van der Waals surface area (Å²) in [7, 11) is -3.62. The predicted octanol–water partition coefficient (Wildman–Crippen LogP) is 4.80. The first kappa shape index (κ1) is 24.2. The predicted molar refractivity (Wildman–Crippen MR) is 124 cm³/mol. The Balaban J connectivity index is 1.48. The molecule has 0 amide bonds. The van der Waals surface area contributed by atoms with Crippen LogP contribution in [0.1, 0.15) is 30.9 Å². The standard InChI is InChI=1S/C24H25F3N4O2S/c1-17(2)18-6-8-21(9-7-18)34(32,33)31-14-12-30(13-15-31)23-28-11-10-22(29-23)19-4-3-5-20(16-19)24(25,26)27/h3-11,16-17H,12-15H2,1-2H3. The number of alkyl halides is 3. The van der Waals surface area contributed by atoms with Gasteiger partial charge < -0.3 is 4.90 Å². The number of benzene rings is 2. The van der Waals surface area contributed by atoms with Gasteiger partial charge in [0.2, 0.25) is 16.0 Å². The molecule has 3 aromatic rings. The van der Waals surface area contributed by atoms with Gasteiger partial charge in [-0.25, -0.2) is 18.4 Å². The molecule has 0 bridgehead atoms. The SMILES string of the molecule is CC(C)c1ccc(S(=O)(=O)N2CCN(c3nccc(-c4cccc(C(F)(F)F)c4)n3)CC2)cc1. The van der Waals surface area contributed by atoms with Crippen LogP contribution in [0.15, 0.2) is 65.7 Å². The molecule has 0 atom stereocenters. The molecule has 180 valence electrons. The molecule has 1 fully saturated rings. The second kappa shape index (κ2) is 9.34. The Kier molecular flexibility index (Phi) is 6.64. The van der Waals surface area contributed by atoms with E-state index in [4.69, 9.17) is 0 Å². The van der Waals surface area contributed by atoms with Crippen molar-refractivity contribution in [1.82, 2.24) is 14.3 Å². The van der Waals surface area contributed by atoms with E-state index in [1.165, 1.54) is 16.6 Å². The van der Waals surface area contributed by atoms with Gasteiger partial charge in [0.15, 0.2) is 0 Å². The summed E-state index contributed by atoms with van der Waals surface area (Å²) in [6, 6.07) is 13.5. The highest BCUT2D eigenvalue weighted by atomic mass is 32.2. The van der Waals surface area contributed by atoms with Crippen molar-refractivity contribution in [3.8, 4) is 11.3 Å². The molecular formula is C24H25F3N4O2S. The smallest absolute Gasteiger partial charge is 0.338 e. The molecule has 2 heterocycles. The Labute approximate surface area is 197 Å². The lowest BCUT2D eigenvalue weighted by molar-refractivity contribution is -0.137. The van der Waals surface area contributed by atoms with E-state index in [0.29, 0.717) is 36.2 Å². The van der Waals surface area contributed by atoms with Crippen LogP contribution in [0.3, 0.4) is 0 Å². The Bertz CT molecular complexity index is 1250. The largest absolute Gasteiger partial charge is 0.416 e. The maximum Gasteiger partial charge on any atom is 0.416 e. The van der Waals surface area contributed by atoms with Crippen molar-refractivity contribution >= 4 is 16.0 Å². The molecule has 0 N–H and O–H groups in total. The number of hydrogen-bond donors (Lipinski definition) is 0. The van der Waals surface area contributed by atoms with Crippen LogP contribution in [0.2, 0.25) is 0 Å². The van der Waals surface area contributed by atoms with E-state index >= 15 is 0 Å². The second-order valence-corrected chi connectivity index (χ2v) is 10.4. The summed E-state index contributed by atoms with van der Waals surface area (Å²) < 4.78 is 66.7. The maximum absolute atomic E-state index is 13.1. The number of anilines is 1. The van der Waals surface area contributed by atoms with Crippen LogP contribution < -0.4 is 4.90 Å². The van der Waals surface area contributed by atoms with E-state index < -0.39 is 21.8 Å². The maximum atomic E-state index is 13.1. The van der Waals surface area contributed by atoms with Crippen LogP contribution in [0.25, 0.3) is 11.3 Å². The number of halogens is 3. The Morgan fingerprint density at radius 1 is 0.941 bits per heavy atom. The van der Waals surface area contributed by atoms with Crippen molar-refractivity contribution in [2.24, 2.45) is 0 Å². The highest BCUT2D eigenvalue weighted by Gasteiger charge is 2.31. The van der Waals surface area contributed by atoms with E-state index in [-0.39, 0.29) is 18.0 Å². The molecule has 0 radical (unpaired) electrons. The molecule has 0 aliphatic carbocycles. The van der Waals surface area contributed by atoms with E-state index in [1.807, 2.05) is 30.9 Å². The monoisotopic (exact) mass is 490 g/mol. The van der Waals surface area contributed by atoms with Gasteiger partial charge in [0, 0.05) is 37.9 Å². The van der Waals surface area contributed by atoms with Crippen molar-refractivity contribution < 1.29 is 21.6 Å². The van der Waals surface area contributed by atoms with E-state index in [9.17, 15) is 21.6 Å². The average molecular weight is 491 g/mol. The van der Waals surface area contributed by atoms with Gasteiger partial charge in [0.05, 0.1) is 16.2 Å². The van der Waals surface area contributed by atoms with Gasteiger partial charge >= 0.3 is 6.18 Å². The Morgan fingerprint density at radius 3 is 2.24 bits per heavy atom. The molecule has 0 saturated carbocycles. The van der Waals surface area contributed by atoms with Gasteiger partial charge in [-0.1, -0.05) is 38.1 Å². The van der Waals surface area contributed by atoms with Gasteiger partial charge in [-0.05, 0) is 41.8 Å². The first-order valence-electron chi connectivity index (χ1n) is 10.9. The highest BCUT2D eigenvalue weighted by molar-refractivity contribution is 7.89. The molecular weight excluding hydrogens is 465 g/mol. The molecule has 10 heteroatoms. The molecule has 1 aromatic heterocycles. The van der Waals surface area contributed by atoms with Crippen molar-refractivity contribution in [1.29, 1.82) is 0 Å². The lowest BCUT2D eigenvalue weighted by atomic mass is 10.0. The quantitative estimate of drug-likeness (QED) is 0.514. The van der Waals surface area contributed by atoms with Crippen molar-refractivity contribution in [3.63, 3.8) is 0 Å². The van der Waals surface area contributed by atoms with E-state index in [0.717, 1.165) is 17.7 Å². The summed E-state index contributed by atoms with van der Waals surface area (Å²) in [5.41, 5.74) is 1.04. The summed E-state index contributed by atoms with van der Waals surface area (Å²) >= 11 is 0.